The molecule has 0 unspecified atom stereocenters. The molecule has 0 saturated heterocycles. The number of aliphatic hydroxyl groups excluding tert-OH is 1. The Labute approximate surface area is 126 Å². The van der Waals surface area contributed by atoms with Crippen molar-refractivity contribution in [3.8, 4) is 0 Å². The Morgan fingerprint density at radius 3 is 2.38 bits per heavy atom. The zero-order valence-electron chi connectivity index (χ0n) is 12.9. The molecule has 0 amide bonds. The van der Waals surface area contributed by atoms with Gasteiger partial charge in [0.1, 0.15) is 0 Å². The van der Waals surface area contributed by atoms with E-state index in [0.717, 1.165) is 32.2 Å². The predicted octanol–water partition coefficient (Wildman–Crippen LogP) is 2.46. The molecule has 4 heteroatoms. The van der Waals surface area contributed by atoms with Gasteiger partial charge in [-0.2, -0.15) is 0 Å². The minimum Gasteiger partial charge on any atom is -0.465 e. The molecule has 116 valence electrons. The lowest BCUT2D eigenvalue weighted by atomic mass is 9.86. The average molecular weight is 291 g/mol. The highest BCUT2D eigenvalue weighted by atomic mass is 16.5. The van der Waals surface area contributed by atoms with Gasteiger partial charge in [-0.15, -0.1) is 0 Å². The van der Waals surface area contributed by atoms with Crippen molar-refractivity contribution < 1.29 is 14.6 Å². The number of rotatable bonds is 5. The van der Waals surface area contributed by atoms with Crippen LogP contribution in [0.5, 0.6) is 0 Å². The number of carbonyl (C=O) groups excluding carboxylic acids is 1. The van der Waals surface area contributed by atoms with Gasteiger partial charge in [0.25, 0.3) is 0 Å². The first-order valence-electron chi connectivity index (χ1n) is 7.62. The number of ether oxygens (including phenoxy) is 1. The second-order valence-electron chi connectivity index (χ2n) is 5.96. The van der Waals surface area contributed by atoms with Crippen LogP contribution >= 0.6 is 0 Å². The first-order valence-corrected chi connectivity index (χ1v) is 7.62. The van der Waals surface area contributed by atoms with Gasteiger partial charge in [-0.1, -0.05) is 12.1 Å². The van der Waals surface area contributed by atoms with Crippen LogP contribution in [0.25, 0.3) is 0 Å². The van der Waals surface area contributed by atoms with Crippen molar-refractivity contribution in [3.05, 3.63) is 35.4 Å². The van der Waals surface area contributed by atoms with Gasteiger partial charge in [0, 0.05) is 19.2 Å². The van der Waals surface area contributed by atoms with E-state index in [0.29, 0.717) is 24.1 Å². The number of benzene rings is 1. The van der Waals surface area contributed by atoms with Gasteiger partial charge in [-0.3, -0.25) is 4.90 Å². The molecule has 0 radical (unpaired) electrons. The Balaban J connectivity index is 1.88. The molecule has 0 aromatic heterocycles. The molecule has 4 nitrogen and oxygen atoms in total. The van der Waals surface area contributed by atoms with E-state index < -0.39 is 0 Å². The molecule has 0 heterocycles. The van der Waals surface area contributed by atoms with Crippen molar-refractivity contribution in [2.75, 3.05) is 20.8 Å². The molecule has 0 atom stereocenters. The van der Waals surface area contributed by atoms with Crippen molar-refractivity contribution in [2.45, 2.75) is 38.3 Å². The summed E-state index contributed by atoms with van der Waals surface area (Å²) in [6, 6.07) is 8.20. The third-order valence-corrected chi connectivity index (χ3v) is 4.50. The molecule has 1 fully saturated rings. The number of hydrogen-bond acceptors (Lipinski definition) is 4. The van der Waals surface area contributed by atoms with E-state index in [2.05, 4.69) is 11.9 Å². The summed E-state index contributed by atoms with van der Waals surface area (Å²) < 4.78 is 4.70. The van der Waals surface area contributed by atoms with Crippen LogP contribution in [0.2, 0.25) is 0 Å². The van der Waals surface area contributed by atoms with Crippen molar-refractivity contribution in [1.82, 2.24) is 4.90 Å². The summed E-state index contributed by atoms with van der Waals surface area (Å²) in [4.78, 5) is 13.8. The Kier molecular flexibility index (Phi) is 5.76. The van der Waals surface area contributed by atoms with Crippen LogP contribution < -0.4 is 0 Å². The number of methoxy groups -OCH3 is 1. The van der Waals surface area contributed by atoms with Crippen molar-refractivity contribution in [1.29, 1.82) is 0 Å². The van der Waals surface area contributed by atoms with Crippen LogP contribution in [0.1, 0.15) is 41.6 Å². The van der Waals surface area contributed by atoms with Crippen LogP contribution in [0.15, 0.2) is 24.3 Å². The van der Waals surface area contributed by atoms with Gasteiger partial charge >= 0.3 is 5.97 Å². The van der Waals surface area contributed by atoms with Crippen molar-refractivity contribution in [3.63, 3.8) is 0 Å². The quantitative estimate of drug-likeness (QED) is 0.847. The van der Waals surface area contributed by atoms with Crippen LogP contribution in [0, 0.1) is 5.92 Å². The molecule has 0 aliphatic heterocycles. The largest absolute Gasteiger partial charge is 0.465 e. The average Bonchev–Trinajstić information content (AvgIpc) is 2.55. The fourth-order valence-corrected chi connectivity index (χ4v) is 3.05. The molecule has 1 N–H and O–H groups in total. The van der Waals surface area contributed by atoms with Gasteiger partial charge in [-0.25, -0.2) is 4.79 Å². The van der Waals surface area contributed by atoms with Crippen LogP contribution in [-0.4, -0.2) is 42.8 Å². The number of hydrogen-bond donors (Lipinski definition) is 1. The fraction of sp³-hybridized carbons (Fsp3) is 0.588. The highest BCUT2D eigenvalue weighted by Gasteiger charge is 2.23. The smallest absolute Gasteiger partial charge is 0.337 e. The molecule has 1 aliphatic carbocycles. The number of carbonyl (C=O) groups is 1. The third kappa shape index (κ3) is 4.29. The molecular weight excluding hydrogens is 266 g/mol. The predicted molar refractivity (Wildman–Crippen MR) is 82.1 cm³/mol. The normalized spacial score (nSPS) is 22.3. The van der Waals surface area contributed by atoms with E-state index in [4.69, 9.17) is 4.74 Å². The summed E-state index contributed by atoms with van der Waals surface area (Å²) in [5.74, 6) is 0.200. The van der Waals surface area contributed by atoms with Gasteiger partial charge in [0.15, 0.2) is 0 Å². The highest BCUT2D eigenvalue weighted by Crippen LogP contribution is 2.27. The molecule has 1 aromatic rings. The summed E-state index contributed by atoms with van der Waals surface area (Å²) in [5, 5.41) is 9.19. The number of nitrogens with zero attached hydrogens (tertiary/aromatic N) is 1. The van der Waals surface area contributed by atoms with Crippen LogP contribution in [0.3, 0.4) is 0 Å². The van der Waals surface area contributed by atoms with E-state index in [-0.39, 0.29) is 5.97 Å². The van der Waals surface area contributed by atoms with E-state index in [1.165, 1.54) is 12.7 Å². The van der Waals surface area contributed by atoms with Crippen molar-refractivity contribution in [2.24, 2.45) is 5.92 Å². The summed E-state index contributed by atoms with van der Waals surface area (Å²) in [5.41, 5.74) is 1.79. The van der Waals surface area contributed by atoms with E-state index in [1.807, 2.05) is 24.3 Å². The van der Waals surface area contributed by atoms with Crippen molar-refractivity contribution >= 4 is 5.97 Å². The first kappa shape index (κ1) is 16.0. The number of aliphatic hydroxyl groups is 1. The zero-order chi connectivity index (χ0) is 15.2. The van der Waals surface area contributed by atoms with E-state index in [9.17, 15) is 9.90 Å². The fourth-order valence-electron chi connectivity index (χ4n) is 3.05. The van der Waals surface area contributed by atoms with Crippen LogP contribution in [0.4, 0.5) is 0 Å². The Bertz CT molecular complexity index is 450. The van der Waals surface area contributed by atoms with E-state index >= 15 is 0 Å². The summed E-state index contributed by atoms with van der Waals surface area (Å²) in [6.07, 6.45) is 4.55. The molecule has 1 aliphatic rings. The minimum absolute atomic E-state index is 0.294. The van der Waals surface area contributed by atoms with Crippen LogP contribution in [-0.2, 0) is 11.3 Å². The molecule has 1 aromatic carbocycles. The first-order chi connectivity index (χ1) is 10.1. The molecule has 21 heavy (non-hydrogen) atoms. The second kappa shape index (κ2) is 7.57. The maximum absolute atomic E-state index is 11.4. The maximum Gasteiger partial charge on any atom is 0.337 e. The topological polar surface area (TPSA) is 49.8 Å². The SMILES string of the molecule is COC(=O)c1ccc(CN(C)C2CCC(CO)CC2)cc1. The standard InChI is InChI=1S/C17H25NO3/c1-18(16-9-5-14(12-19)6-10-16)11-13-3-7-15(8-4-13)17(20)21-2/h3-4,7-8,14,16,19H,5-6,9-12H2,1-2H3. The highest BCUT2D eigenvalue weighted by molar-refractivity contribution is 5.89. The van der Waals surface area contributed by atoms with Gasteiger partial charge in [-0.05, 0) is 56.3 Å². The zero-order valence-corrected chi connectivity index (χ0v) is 12.9. The van der Waals surface area contributed by atoms with Gasteiger partial charge in [0.05, 0.1) is 12.7 Å². The molecule has 0 spiro atoms. The molecular formula is C17H25NO3. The Hall–Kier alpha value is -1.39. The number of esters is 1. The summed E-state index contributed by atoms with van der Waals surface area (Å²) in [7, 11) is 3.55. The molecule has 1 saturated carbocycles. The molecule has 0 bridgehead atoms. The Morgan fingerprint density at radius 1 is 1.24 bits per heavy atom. The maximum atomic E-state index is 11.4. The third-order valence-electron chi connectivity index (χ3n) is 4.50. The van der Waals surface area contributed by atoms with E-state index in [1.54, 1.807) is 0 Å². The molecule has 2 rings (SSSR count). The second-order valence-corrected chi connectivity index (χ2v) is 5.96. The van der Waals surface area contributed by atoms with Gasteiger partial charge in [0.2, 0.25) is 0 Å². The lowest BCUT2D eigenvalue weighted by Crippen LogP contribution is -2.35. The minimum atomic E-state index is -0.294. The Morgan fingerprint density at radius 2 is 1.86 bits per heavy atom. The van der Waals surface area contributed by atoms with Gasteiger partial charge < -0.3 is 9.84 Å². The lowest BCUT2D eigenvalue weighted by molar-refractivity contribution is 0.0600. The monoisotopic (exact) mass is 291 g/mol. The summed E-state index contributed by atoms with van der Waals surface area (Å²) in [6.45, 7) is 1.21. The lowest BCUT2D eigenvalue weighted by Gasteiger charge is -2.34. The summed E-state index contributed by atoms with van der Waals surface area (Å²) >= 11 is 0.